The van der Waals surface area contributed by atoms with Gasteiger partial charge in [0.25, 0.3) is 0 Å². The highest BCUT2D eigenvalue weighted by molar-refractivity contribution is 6.30. The second-order valence-corrected chi connectivity index (χ2v) is 7.88. The second kappa shape index (κ2) is 6.57. The molecular weight excluding hydrogens is 324 g/mol. The van der Waals surface area contributed by atoms with Crippen LogP contribution in [0.5, 0.6) is 0 Å². The Labute approximate surface area is 148 Å². The van der Waals surface area contributed by atoms with Gasteiger partial charge in [0.05, 0.1) is 6.54 Å². The van der Waals surface area contributed by atoms with Gasteiger partial charge in [-0.3, -0.25) is 4.90 Å². The molecule has 1 saturated carbocycles. The van der Waals surface area contributed by atoms with Crippen molar-refractivity contribution >= 4 is 23.4 Å². The molecule has 3 aliphatic rings. The summed E-state index contributed by atoms with van der Waals surface area (Å²) >= 11 is 5.96. The molecule has 130 valence electrons. The Morgan fingerprint density at radius 3 is 2.54 bits per heavy atom. The maximum atomic E-state index is 12.4. The number of hydrogen-bond donors (Lipinski definition) is 0. The fraction of sp³-hybridized carbons (Fsp3) is 0.632. The minimum Gasteiger partial charge on any atom is -0.441 e. The molecule has 1 amide bonds. The van der Waals surface area contributed by atoms with Crippen molar-refractivity contribution in [1.29, 1.82) is 0 Å². The number of carbonyl (C=O) groups is 1. The lowest BCUT2D eigenvalue weighted by Gasteiger charge is -2.28. The van der Waals surface area contributed by atoms with E-state index in [0.29, 0.717) is 11.6 Å². The molecule has 1 aromatic rings. The molecule has 2 aliphatic heterocycles. The Morgan fingerprint density at radius 1 is 1.04 bits per heavy atom. The number of likely N-dealkylation sites (tertiary alicyclic amines) is 1. The Kier molecular flexibility index (Phi) is 4.44. The van der Waals surface area contributed by atoms with Crippen LogP contribution < -0.4 is 4.90 Å². The Bertz CT molecular complexity index is 600. The van der Waals surface area contributed by atoms with E-state index >= 15 is 0 Å². The van der Waals surface area contributed by atoms with Crippen LogP contribution in [0.15, 0.2) is 24.3 Å². The molecule has 2 saturated heterocycles. The first-order chi connectivity index (χ1) is 11.7. The zero-order valence-electron chi connectivity index (χ0n) is 14.0. The summed E-state index contributed by atoms with van der Waals surface area (Å²) < 4.78 is 5.91. The first-order valence-electron chi connectivity index (χ1n) is 9.15. The Morgan fingerprint density at radius 2 is 1.79 bits per heavy atom. The topological polar surface area (TPSA) is 32.8 Å². The summed E-state index contributed by atoms with van der Waals surface area (Å²) in [5.41, 5.74) is 0.558. The standard InChI is InChI=1S/C19H25ClN2O2/c20-15-6-8-17(9-7-15)22-14-19(24-18(22)23)10-3-12-21(13-11-19)16-4-1-2-5-16/h6-9,16H,1-5,10-14H2. The molecule has 1 unspecified atom stereocenters. The van der Waals surface area contributed by atoms with Gasteiger partial charge in [-0.25, -0.2) is 4.79 Å². The van der Waals surface area contributed by atoms with Gasteiger partial charge in [-0.05, 0) is 56.5 Å². The molecule has 0 bridgehead atoms. The minimum absolute atomic E-state index is 0.216. The maximum absolute atomic E-state index is 12.4. The van der Waals surface area contributed by atoms with E-state index in [9.17, 15) is 4.79 Å². The Hall–Kier alpha value is -1.26. The van der Waals surface area contributed by atoms with Crippen molar-refractivity contribution in [2.24, 2.45) is 0 Å². The minimum atomic E-state index is -0.315. The summed E-state index contributed by atoms with van der Waals surface area (Å²) in [6, 6.07) is 8.19. The third kappa shape index (κ3) is 3.14. The average Bonchev–Trinajstić information content (AvgIpc) is 3.15. The largest absolute Gasteiger partial charge is 0.441 e. The molecule has 1 spiro atoms. The first-order valence-corrected chi connectivity index (χ1v) is 9.53. The zero-order valence-corrected chi connectivity index (χ0v) is 14.8. The van der Waals surface area contributed by atoms with E-state index in [1.807, 2.05) is 24.3 Å². The molecule has 4 rings (SSSR count). The molecule has 3 fully saturated rings. The Balaban J connectivity index is 1.46. The number of benzene rings is 1. The molecule has 24 heavy (non-hydrogen) atoms. The number of halogens is 1. The summed E-state index contributed by atoms with van der Waals surface area (Å²) in [5, 5.41) is 0.683. The van der Waals surface area contributed by atoms with E-state index in [0.717, 1.165) is 44.1 Å². The zero-order chi connectivity index (χ0) is 16.6. The average molecular weight is 349 g/mol. The number of amides is 1. The van der Waals surface area contributed by atoms with Gasteiger partial charge in [-0.2, -0.15) is 0 Å². The van der Waals surface area contributed by atoms with E-state index in [1.165, 1.54) is 25.7 Å². The quantitative estimate of drug-likeness (QED) is 0.790. The highest BCUT2D eigenvalue weighted by Gasteiger charge is 2.46. The van der Waals surface area contributed by atoms with Crippen molar-refractivity contribution in [2.75, 3.05) is 24.5 Å². The summed E-state index contributed by atoms with van der Waals surface area (Å²) in [5.74, 6) is 0. The maximum Gasteiger partial charge on any atom is 0.415 e. The molecular formula is C19H25ClN2O2. The molecule has 1 aromatic carbocycles. The highest BCUT2D eigenvalue weighted by Crippen LogP contribution is 2.37. The van der Waals surface area contributed by atoms with Crippen molar-refractivity contribution in [1.82, 2.24) is 4.90 Å². The van der Waals surface area contributed by atoms with Crippen molar-refractivity contribution < 1.29 is 9.53 Å². The number of anilines is 1. The van der Waals surface area contributed by atoms with E-state index in [1.54, 1.807) is 4.90 Å². The van der Waals surface area contributed by atoms with Gasteiger partial charge < -0.3 is 9.64 Å². The van der Waals surface area contributed by atoms with Crippen LogP contribution in [0.25, 0.3) is 0 Å². The fourth-order valence-corrected chi connectivity index (χ4v) is 4.65. The third-order valence-electron chi connectivity index (χ3n) is 5.88. The number of carbonyl (C=O) groups excluding carboxylic acids is 1. The van der Waals surface area contributed by atoms with E-state index < -0.39 is 0 Å². The number of hydrogen-bond acceptors (Lipinski definition) is 3. The lowest BCUT2D eigenvalue weighted by molar-refractivity contribution is 0.0432. The fourth-order valence-electron chi connectivity index (χ4n) is 4.53. The van der Waals surface area contributed by atoms with Crippen LogP contribution in [0.1, 0.15) is 44.9 Å². The molecule has 1 aliphatic carbocycles. The summed E-state index contributed by atoms with van der Waals surface area (Å²) in [7, 11) is 0. The van der Waals surface area contributed by atoms with Crippen molar-refractivity contribution in [3.05, 3.63) is 29.3 Å². The monoisotopic (exact) mass is 348 g/mol. The van der Waals surface area contributed by atoms with Gasteiger partial charge in [-0.15, -0.1) is 0 Å². The predicted molar refractivity (Wildman–Crippen MR) is 95.7 cm³/mol. The molecule has 0 aromatic heterocycles. The van der Waals surface area contributed by atoms with Crippen LogP contribution in [0.2, 0.25) is 5.02 Å². The smallest absolute Gasteiger partial charge is 0.415 e. The summed E-state index contributed by atoms with van der Waals surface area (Å²) in [6.45, 7) is 2.85. The van der Waals surface area contributed by atoms with Gasteiger partial charge in [0.15, 0.2) is 0 Å². The lowest BCUT2D eigenvalue weighted by atomic mass is 9.95. The molecule has 4 nitrogen and oxygen atoms in total. The van der Waals surface area contributed by atoms with E-state index in [4.69, 9.17) is 16.3 Å². The van der Waals surface area contributed by atoms with Gasteiger partial charge in [-0.1, -0.05) is 24.4 Å². The van der Waals surface area contributed by atoms with Crippen LogP contribution in [-0.4, -0.2) is 42.3 Å². The van der Waals surface area contributed by atoms with Crippen LogP contribution in [0.4, 0.5) is 10.5 Å². The molecule has 2 heterocycles. The van der Waals surface area contributed by atoms with E-state index in [-0.39, 0.29) is 11.7 Å². The molecule has 0 radical (unpaired) electrons. The van der Waals surface area contributed by atoms with Gasteiger partial charge in [0, 0.05) is 29.7 Å². The highest BCUT2D eigenvalue weighted by atomic mass is 35.5. The molecule has 5 heteroatoms. The van der Waals surface area contributed by atoms with Gasteiger partial charge in [0.2, 0.25) is 0 Å². The van der Waals surface area contributed by atoms with Crippen LogP contribution in [0, 0.1) is 0 Å². The third-order valence-corrected chi connectivity index (χ3v) is 6.13. The molecule has 0 N–H and O–H groups in total. The van der Waals surface area contributed by atoms with Gasteiger partial charge in [0.1, 0.15) is 5.60 Å². The van der Waals surface area contributed by atoms with Crippen molar-refractivity contribution in [3.63, 3.8) is 0 Å². The van der Waals surface area contributed by atoms with Crippen molar-refractivity contribution in [3.8, 4) is 0 Å². The van der Waals surface area contributed by atoms with Crippen LogP contribution in [-0.2, 0) is 4.74 Å². The summed E-state index contributed by atoms with van der Waals surface area (Å²) in [6.07, 6.45) is 8.21. The predicted octanol–water partition coefficient (Wildman–Crippen LogP) is 4.46. The normalized spacial score (nSPS) is 29.2. The number of ether oxygens (including phenoxy) is 1. The second-order valence-electron chi connectivity index (χ2n) is 7.44. The van der Waals surface area contributed by atoms with Crippen LogP contribution >= 0.6 is 11.6 Å². The number of rotatable bonds is 2. The van der Waals surface area contributed by atoms with Crippen LogP contribution in [0.3, 0.4) is 0 Å². The van der Waals surface area contributed by atoms with Crippen molar-refractivity contribution in [2.45, 2.75) is 56.6 Å². The number of nitrogens with zero attached hydrogens (tertiary/aromatic N) is 2. The lowest BCUT2D eigenvalue weighted by Crippen LogP contribution is -2.38. The van der Waals surface area contributed by atoms with Gasteiger partial charge >= 0.3 is 6.09 Å². The molecule has 1 atom stereocenters. The summed E-state index contributed by atoms with van der Waals surface area (Å²) in [4.78, 5) is 16.8. The van der Waals surface area contributed by atoms with E-state index in [2.05, 4.69) is 4.90 Å². The SMILES string of the molecule is O=C1OC2(CCCN(C3CCCC3)CC2)CN1c1ccc(Cl)cc1. The first kappa shape index (κ1) is 16.2.